The normalized spacial score (nSPS) is 22.1. The molecule has 1 aromatic rings. The summed E-state index contributed by atoms with van der Waals surface area (Å²) in [5.74, 6) is -1.81. The quantitative estimate of drug-likeness (QED) is 0.903. The van der Waals surface area contributed by atoms with Gasteiger partial charge in [-0.1, -0.05) is 17.7 Å². The maximum absolute atomic E-state index is 13.8. The van der Waals surface area contributed by atoms with Gasteiger partial charge in [-0.25, -0.2) is 12.8 Å². The van der Waals surface area contributed by atoms with E-state index < -0.39 is 27.7 Å². The fraction of sp³-hybridized carbons (Fsp3) is 0.462. The van der Waals surface area contributed by atoms with Crippen LogP contribution in [0.25, 0.3) is 0 Å². The largest absolute Gasteiger partial charge is 0.481 e. The molecule has 2 rings (SSSR count). The molecule has 0 bridgehead atoms. The van der Waals surface area contributed by atoms with Gasteiger partial charge >= 0.3 is 5.97 Å². The van der Waals surface area contributed by atoms with Gasteiger partial charge in [0.05, 0.1) is 17.9 Å². The zero-order chi connectivity index (χ0) is 15.6. The second-order valence-corrected chi connectivity index (χ2v) is 7.74. The van der Waals surface area contributed by atoms with Crippen LogP contribution in [0.5, 0.6) is 0 Å². The molecular formula is C13H15ClFNO4S. The van der Waals surface area contributed by atoms with Gasteiger partial charge in [-0.3, -0.25) is 9.69 Å². The first-order valence-electron chi connectivity index (χ1n) is 6.37. The van der Waals surface area contributed by atoms with Crippen molar-refractivity contribution in [3.63, 3.8) is 0 Å². The number of carboxylic acids is 1. The van der Waals surface area contributed by atoms with E-state index >= 15 is 0 Å². The third-order valence-electron chi connectivity index (χ3n) is 3.45. The first-order valence-corrected chi connectivity index (χ1v) is 8.57. The molecule has 21 heavy (non-hydrogen) atoms. The van der Waals surface area contributed by atoms with E-state index in [2.05, 4.69) is 0 Å². The maximum Gasteiger partial charge on any atom is 0.304 e. The minimum Gasteiger partial charge on any atom is -0.481 e. The summed E-state index contributed by atoms with van der Waals surface area (Å²) >= 11 is 5.68. The standard InChI is InChI=1S/C13H15ClFNO4S/c14-10-2-1-9(12(15)5-10)7-16-3-4-21(19,20)8-11(16)6-13(17)18/h1-2,5,11H,3-4,6-8H2,(H,17,18). The highest BCUT2D eigenvalue weighted by atomic mass is 35.5. The maximum atomic E-state index is 13.8. The number of hydrogen-bond donors (Lipinski definition) is 1. The fourth-order valence-electron chi connectivity index (χ4n) is 2.39. The molecule has 1 aromatic carbocycles. The number of aliphatic carboxylic acids is 1. The van der Waals surface area contributed by atoms with E-state index in [1.807, 2.05) is 0 Å². The average molecular weight is 336 g/mol. The summed E-state index contributed by atoms with van der Waals surface area (Å²) in [6.07, 6.45) is -0.283. The predicted octanol–water partition coefficient (Wildman–Crippen LogP) is 1.55. The van der Waals surface area contributed by atoms with Crippen molar-refractivity contribution in [3.8, 4) is 0 Å². The molecule has 0 radical (unpaired) electrons. The van der Waals surface area contributed by atoms with Gasteiger partial charge in [0.25, 0.3) is 0 Å². The Bertz CT molecular complexity index is 650. The summed E-state index contributed by atoms with van der Waals surface area (Å²) in [6.45, 7) is 0.360. The molecular weight excluding hydrogens is 321 g/mol. The van der Waals surface area contributed by atoms with Crippen LogP contribution >= 0.6 is 11.6 Å². The third-order valence-corrected chi connectivity index (χ3v) is 5.38. The van der Waals surface area contributed by atoms with Crippen molar-refractivity contribution in [1.82, 2.24) is 4.90 Å². The Morgan fingerprint density at radius 1 is 1.48 bits per heavy atom. The van der Waals surface area contributed by atoms with Crippen molar-refractivity contribution in [2.45, 2.75) is 19.0 Å². The van der Waals surface area contributed by atoms with Gasteiger partial charge in [0.1, 0.15) is 5.82 Å². The lowest BCUT2D eigenvalue weighted by atomic mass is 10.1. The van der Waals surface area contributed by atoms with Crippen LogP contribution in [0.3, 0.4) is 0 Å². The van der Waals surface area contributed by atoms with Gasteiger partial charge < -0.3 is 5.11 Å². The lowest BCUT2D eigenvalue weighted by Gasteiger charge is -2.34. The van der Waals surface area contributed by atoms with E-state index in [1.165, 1.54) is 12.1 Å². The Morgan fingerprint density at radius 2 is 2.19 bits per heavy atom. The van der Waals surface area contributed by atoms with Crippen LogP contribution in [0.1, 0.15) is 12.0 Å². The van der Waals surface area contributed by atoms with E-state index in [0.717, 1.165) is 0 Å². The SMILES string of the molecule is O=C(O)CC1CS(=O)(=O)CCN1Cc1ccc(Cl)cc1F. The van der Waals surface area contributed by atoms with Crippen molar-refractivity contribution < 1.29 is 22.7 Å². The molecule has 0 aromatic heterocycles. The van der Waals surface area contributed by atoms with Crippen LogP contribution in [0.2, 0.25) is 5.02 Å². The van der Waals surface area contributed by atoms with E-state index in [1.54, 1.807) is 11.0 Å². The molecule has 1 heterocycles. The molecule has 5 nitrogen and oxygen atoms in total. The van der Waals surface area contributed by atoms with Gasteiger partial charge in [-0.15, -0.1) is 0 Å². The van der Waals surface area contributed by atoms with E-state index in [-0.39, 0.29) is 36.0 Å². The fourth-order valence-corrected chi connectivity index (χ4v) is 4.14. The monoisotopic (exact) mass is 335 g/mol. The van der Waals surface area contributed by atoms with Gasteiger partial charge in [-0.05, 0) is 12.1 Å². The smallest absolute Gasteiger partial charge is 0.304 e. The number of nitrogens with zero attached hydrogens (tertiary/aromatic N) is 1. The number of halogens is 2. The molecule has 116 valence electrons. The van der Waals surface area contributed by atoms with Gasteiger partial charge in [0, 0.05) is 29.7 Å². The molecule has 1 fully saturated rings. The van der Waals surface area contributed by atoms with Crippen LogP contribution in [-0.2, 0) is 21.2 Å². The summed E-state index contributed by atoms with van der Waals surface area (Å²) in [6, 6.07) is 3.62. The first-order chi connectivity index (χ1) is 9.77. The van der Waals surface area contributed by atoms with Crippen molar-refractivity contribution >= 4 is 27.4 Å². The lowest BCUT2D eigenvalue weighted by molar-refractivity contribution is -0.138. The summed E-state index contributed by atoms with van der Waals surface area (Å²) < 4.78 is 37.1. The predicted molar refractivity (Wildman–Crippen MR) is 76.5 cm³/mol. The molecule has 1 atom stereocenters. The number of carbonyl (C=O) groups is 1. The van der Waals surface area contributed by atoms with Gasteiger partial charge in [0.15, 0.2) is 9.84 Å². The van der Waals surface area contributed by atoms with Crippen molar-refractivity contribution in [2.24, 2.45) is 0 Å². The molecule has 0 amide bonds. The molecule has 8 heteroatoms. The Balaban J connectivity index is 2.18. The van der Waals surface area contributed by atoms with Crippen LogP contribution in [-0.4, -0.2) is 48.5 Å². The van der Waals surface area contributed by atoms with E-state index in [4.69, 9.17) is 16.7 Å². The van der Waals surface area contributed by atoms with Gasteiger partial charge in [-0.2, -0.15) is 0 Å². The highest BCUT2D eigenvalue weighted by Gasteiger charge is 2.32. The average Bonchev–Trinajstić information content (AvgIpc) is 2.34. The minimum atomic E-state index is -3.24. The number of carboxylic acid groups (broad SMARTS) is 1. The zero-order valence-corrected chi connectivity index (χ0v) is 12.7. The Kier molecular flexibility index (Phi) is 4.85. The van der Waals surface area contributed by atoms with Crippen LogP contribution in [0.4, 0.5) is 4.39 Å². The van der Waals surface area contributed by atoms with Crippen molar-refractivity contribution in [3.05, 3.63) is 34.6 Å². The second-order valence-electron chi connectivity index (χ2n) is 5.07. The number of sulfone groups is 1. The van der Waals surface area contributed by atoms with Crippen molar-refractivity contribution in [2.75, 3.05) is 18.1 Å². The Morgan fingerprint density at radius 3 is 2.81 bits per heavy atom. The Hall–Kier alpha value is -1.18. The van der Waals surface area contributed by atoms with E-state index in [9.17, 15) is 17.6 Å². The van der Waals surface area contributed by atoms with Crippen LogP contribution in [0.15, 0.2) is 18.2 Å². The summed E-state index contributed by atoms with van der Waals surface area (Å²) in [4.78, 5) is 12.6. The Labute approximate surface area is 127 Å². The van der Waals surface area contributed by atoms with Crippen molar-refractivity contribution in [1.29, 1.82) is 0 Å². The molecule has 1 aliphatic rings. The summed E-state index contributed by atoms with van der Waals surface area (Å²) in [5, 5.41) is 9.18. The highest BCUT2D eigenvalue weighted by molar-refractivity contribution is 7.91. The lowest BCUT2D eigenvalue weighted by Crippen LogP contribution is -2.48. The summed E-state index contributed by atoms with van der Waals surface area (Å²) in [7, 11) is -3.24. The summed E-state index contributed by atoms with van der Waals surface area (Å²) in [5.41, 5.74) is 0.370. The highest BCUT2D eigenvalue weighted by Crippen LogP contribution is 2.21. The third kappa shape index (κ3) is 4.39. The molecule has 1 unspecified atom stereocenters. The molecule has 0 aliphatic carbocycles. The number of benzene rings is 1. The number of rotatable bonds is 4. The zero-order valence-electron chi connectivity index (χ0n) is 11.1. The molecule has 0 spiro atoms. The molecule has 1 aliphatic heterocycles. The molecule has 0 saturated carbocycles. The topological polar surface area (TPSA) is 74.7 Å². The van der Waals surface area contributed by atoms with Crippen LogP contribution in [0, 0.1) is 5.82 Å². The number of hydrogen-bond acceptors (Lipinski definition) is 4. The minimum absolute atomic E-state index is 0.0433. The molecule has 1 saturated heterocycles. The second kappa shape index (κ2) is 6.29. The molecule has 1 N–H and O–H groups in total. The van der Waals surface area contributed by atoms with E-state index in [0.29, 0.717) is 5.56 Å². The first kappa shape index (κ1) is 16.2. The van der Waals surface area contributed by atoms with Crippen LogP contribution < -0.4 is 0 Å². The van der Waals surface area contributed by atoms with Gasteiger partial charge in [0.2, 0.25) is 0 Å².